The maximum Gasteiger partial charge on any atom is 0.188 e. The summed E-state index contributed by atoms with van der Waals surface area (Å²) >= 11 is 0. The van der Waals surface area contributed by atoms with Crippen molar-refractivity contribution in [3.05, 3.63) is 0 Å². The minimum atomic E-state index is 0.219. The number of nitrogens with zero attached hydrogens (tertiary/aromatic N) is 2. The first kappa shape index (κ1) is 14.1. The molecule has 1 unspecified atom stereocenters. The van der Waals surface area contributed by atoms with Gasteiger partial charge in [-0.05, 0) is 25.7 Å². The molecule has 0 radical (unpaired) electrons. The quantitative estimate of drug-likeness (QED) is 0.598. The molecule has 0 spiro atoms. The second kappa shape index (κ2) is 6.76. The van der Waals surface area contributed by atoms with Gasteiger partial charge < -0.3 is 15.8 Å². The smallest absolute Gasteiger partial charge is 0.188 e. The zero-order chi connectivity index (χ0) is 13.8. The molecule has 0 aromatic carbocycles. The lowest BCUT2D eigenvalue weighted by atomic mass is 9.96. The molecule has 1 heterocycles. The summed E-state index contributed by atoms with van der Waals surface area (Å²) in [6.45, 7) is 3.63. The fraction of sp³-hybridized carbons (Fsp3) is 0.933. The molecule has 20 heavy (non-hydrogen) atoms. The van der Waals surface area contributed by atoms with E-state index in [1.54, 1.807) is 0 Å². The SMILES string of the molecule is NC(=NCC1CN(C2CC2)CCO1)NC1CCCCC1. The molecular formula is C15H28N4O. The highest BCUT2D eigenvalue weighted by molar-refractivity contribution is 5.78. The van der Waals surface area contributed by atoms with Crippen LogP contribution in [0.25, 0.3) is 0 Å². The van der Waals surface area contributed by atoms with Crippen molar-refractivity contribution in [1.29, 1.82) is 0 Å². The van der Waals surface area contributed by atoms with Gasteiger partial charge in [0.1, 0.15) is 0 Å². The molecule has 1 saturated heterocycles. The molecule has 3 aliphatic rings. The summed E-state index contributed by atoms with van der Waals surface area (Å²) in [5.74, 6) is 0.601. The van der Waals surface area contributed by atoms with E-state index in [1.165, 1.54) is 44.9 Å². The van der Waals surface area contributed by atoms with Gasteiger partial charge in [0.15, 0.2) is 5.96 Å². The fourth-order valence-electron chi connectivity index (χ4n) is 3.33. The van der Waals surface area contributed by atoms with E-state index < -0.39 is 0 Å². The Morgan fingerprint density at radius 2 is 2.00 bits per heavy atom. The van der Waals surface area contributed by atoms with Gasteiger partial charge in [-0.25, -0.2) is 0 Å². The molecule has 5 heteroatoms. The maximum absolute atomic E-state index is 6.00. The summed E-state index contributed by atoms with van der Waals surface area (Å²) in [6.07, 6.45) is 9.39. The van der Waals surface area contributed by atoms with E-state index in [4.69, 9.17) is 10.5 Å². The van der Waals surface area contributed by atoms with E-state index in [1.807, 2.05) is 0 Å². The van der Waals surface area contributed by atoms with E-state index in [-0.39, 0.29) is 6.10 Å². The molecule has 0 bridgehead atoms. The predicted octanol–water partition coefficient (Wildman–Crippen LogP) is 1.09. The lowest BCUT2D eigenvalue weighted by Gasteiger charge is -2.32. The normalized spacial score (nSPS) is 30.4. The predicted molar refractivity (Wildman–Crippen MR) is 80.8 cm³/mol. The highest BCUT2D eigenvalue weighted by Crippen LogP contribution is 2.28. The minimum absolute atomic E-state index is 0.219. The van der Waals surface area contributed by atoms with Crippen molar-refractivity contribution < 1.29 is 4.74 Å². The van der Waals surface area contributed by atoms with Crippen LogP contribution in [0.5, 0.6) is 0 Å². The van der Waals surface area contributed by atoms with Crippen LogP contribution in [0.3, 0.4) is 0 Å². The van der Waals surface area contributed by atoms with Crippen molar-refractivity contribution in [3.63, 3.8) is 0 Å². The number of guanidine groups is 1. The number of morpholine rings is 1. The summed E-state index contributed by atoms with van der Waals surface area (Å²) in [6, 6.07) is 1.35. The highest BCUT2D eigenvalue weighted by Gasteiger charge is 2.32. The largest absolute Gasteiger partial charge is 0.374 e. The Kier molecular flexibility index (Phi) is 4.78. The number of hydrogen-bond donors (Lipinski definition) is 2. The van der Waals surface area contributed by atoms with Crippen LogP contribution >= 0.6 is 0 Å². The molecule has 114 valence electrons. The maximum atomic E-state index is 6.00. The number of ether oxygens (including phenoxy) is 1. The van der Waals surface area contributed by atoms with E-state index in [0.29, 0.717) is 18.5 Å². The number of aliphatic imine (C=N–C) groups is 1. The van der Waals surface area contributed by atoms with E-state index in [9.17, 15) is 0 Å². The third-order valence-electron chi connectivity index (χ3n) is 4.66. The zero-order valence-corrected chi connectivity index (χ0v) is 12.4. The number of nitrogens with two attached hydrogens (primary N) is 1. The Balaban J connectivity index is 1.41. The average molecular weight is 280 g/mol. The van der Waals surface area contributed by atoms with Gasteiger partial charge in [-0.3, -0.25) is 9.89 Å². The lowest BCUT2D eigenvalue weighted by Crippen LogP contribution is -2.46. The molecule has 2 aliphatic carbocycles. The zero-order valence-electron chi connectivity index (χ0n) is 12.4. The van der Waals surface area contributed by atoms with Crippen molar-refractivity contribution in [3.8, 4) is 0 Å². The molecule has 5 nitrogen and oxygen atoms in total. The number of nitrogens with one attached hydrogen (secondary N) is 1. The molecule has 3 fully saturated rings. The molecule has 2 saturated carbocycles. The first-order chi connectivity index (χ1) is 9.81. The van der Waals surface area contributed by atoms with Crippen LogP contribution in [0, 0.1) is 0 Å². The van der Waals surface area contributed by atoms with E-state index in [2.05, 4.69) is 15.2 Å². The first-order valence-corrected chi connectivity index (χ1v) is 8.23. The summed E-state index contributed by atoms with van der Waals surface area (Å²) in [7, 11) is 0. The molecule has 1 atom stereocenters. The molecule has 0 aromatic rings. The Morgan fingerprint density at radius 1 is 1.20 bits per heavy atom. The Labute approximate surface area is 121 Å². The molecule has 3 N–H and O–H groups in total. The van der Waals surface area contributed by atoms with Crippen LogP contribution in [-0.4, -0.2) is 55.3 Å². The van der Waals surface area contributed by atoms with Gasteiger partial charge in [0, 0.05) is 25.2 Å². The fourth-order valence-corrected chi connectivity index (χ4v) is 3.33. The van der Waals surface area contributed by atoms with Gasteiger partial charge in [0.2, 0.25) is 0 Å². The van der Waals surface area contributed by atoms with Crippen LogP contribution in [0.1, 0.15) is 44.9 Å². The van der Waals surface area contributed by atoms with Crippen LogP contribution < -0.4 is 11.1 Å². The third-order valence-corrected chi connectivity index (χ3v) is 4.66. The van der Waals surface area contributed by atoms with Gasteiger partial charge in [-0.15, -0.1) is 0 Å². The molecule has 0 amide bonds. The van der Waals surface area contributed by atoms with Gasteiger partial charge in [-0.2, -0.15) is 0 Å². The van der Waals surface area contributed by atoms with Crippen molar-refractivity contribution in [2.45, 2.75) is 63.1 Å². The standard InChI is InChI=1S/C15H28N4O/c16-15(18-12-4-2-1-3-5-12)17-10-14-11-19(8-9-20-14)13-6-7-13/h12-14H,1-11H2,(H3,16,17,18). The lowest BCUT2D eigenvalue weighted by molar-refractivity contribution is -0.0259. The molecule has 1 aliphatic heterocycles. The third kappa shape index (κ3) is 4.09. The number of rotatable bonds is 4. The topological polar surface area (TPSA) is 62.9 Å². The highest BCUT2D eigenvalue weighted by atomic mass is 16.5. The Hall–Kier alpha value is -0.810. The molecular weight excluding hydrogens is 252 g/mol. The second-order valence-corrected chi connectivity index (χ2v) is 6.42. The van der Waals surface area contributed by atoms with Crippen LogP contribution in [0.2, 0.25) is 0 Å². The number of hydrogen-bond acceptors (Lipinski definition) is 3. The molecule has 0 aromatic heterocycles. The van der Waals surface area contributed by atoms with E-state index in [0.717, 1.165) is 25.7 Å². The van der Waals surface area contributed by atoms with Gasteiger partial charge >= 0.3 is 0 Å². The molecule has 3 rings (SSSR count). The summed E-state index contributed by atoms with van der Waals surface area (Å²) in [5, 5.41) is 3.36. The van der Waals surface area contributed by atoms with Gasteiger partial charge in [-0.1, -0.05) is 19.3 Å². The van der Waals surface area contributed by atoms with Gasteiger partial charge in [0.05, 0.1) is 19.3 Å². The van der Waals surface area contributed by atoms with Crippen LogP contribution in [-0.2, 0) is 4.74 Å². The van der Waals surface area contributed by atoms with Gasteiger partial charge in [0.25, 0.3) is 0 Å². The monoisotopic (exact) mass is 280 g/mol. The second-order valence-electron chi connectivity index (χ2n) is 6.42. The summed E-state index contributed by atoms with van der Waals surface area (Å²) in [4.78, 5) is 7.04. The van der Waals surface area contributed by atoms with Crippen molar-refractivity contribution in [2.24, 2.45) is 10.7 Å². The average Bonchev–Trinajstić information content (AvgIpc) is 3.31. The van der Waals surface area contributed by atoms with Crippen LogP contribution in [0.15, 0.2) is 4.99 Å². The summed E-state index contributed by atoms with van der Waals surface area (Å²) < 4.78 is 5.79. The minimum Gasteiger partial charge on any atom is -0.374 e. The van der Waals surface area contributed by atoms with Crippen molar-refractivity contribution in [2.75, 3.05) is 26.2 Å². The summed E-state index contributed by atoms with van der Waals surface area (Å²) in [5.41, 5.74) is 6.00. The van der Waals surface area contributed by atoms with Crippen molar-refractivity contribution >= 4 is 5.96 Å². The Morgan fingerprint density at radius 3 is 2.75 bits per heavy atom. The van der Waals surface area contributed by atoms with Crippen molar-refractivity contribution in [1.82, 2.24) is 10.2 Å². The van der Waals surface area contributed by atoms with Crippen LogP contribution in [0.4, 0.5) is 0 Å². The van der Waals surface area contributed by atoms with E-state index >= 15 is 0 Å². The Bertz CT molecular complexity index is 337. The first-order valence-electron chi connectivity index (χ1n) is 8.23.